The maximum atomic E-state index is 4.96. The first kappa shape index (κ1) is 16.0. The molecule has 2 aromatic rings. The summed E-state index contributed by atoms with van der Waals surface area (Å²) < 4.78 is 0. The first-order chi connectivity index (χ1) is 9.65. The van der Waals surface area contributed by atoms with Crippen molar-refractivity contribution in [2.24, 2.45) is 0 Å². The Hall–Kier alpha value is -0.370. The molecule has 0 atom stereocenters. The van der Waals surface area contributed by atoms with E-state index >= 15 is 0 Å². The van der Waals surface area contributed by atoms with Crippen LogP contribution in [0, 0.1) is 20.3 Å². The van der Waals surface area contributed by atoms with Crippen LogP contribution in [0.4, 0.5) is 0 Å². The Morgan fingerprint density at radius 3 is 2.25 bits per heavy atom. The topological polar surface area (TPSA) is 0 Å². The van der Waals surface area contributed by atoms with Crippen molar-refractivity contribution in [2.75, 3.05) is 0 Å². The molecule has 0 amide bonds. The number of rotatable bonds is 1. The molecule has 0 spiro atoms. The van der Waals surface area contributed by atoms with Gasteiger partial charge in [-0.2, -0.15) is 0 Å². The van der Waals surface area contributed by atoms with Crippen LogP contribution in [-0.2, 0) is 20.5 Å². The Kier molecular flexibility index (Phi) is 6.07. The maximum absolute atomic E-state index is 4.96. The number of fused-ring (bicyclic) bond motifs is 1. The van der Waals surface area contributed by atoms with E-state index in [-0.39, 0.29) is 0 Å². The van der Waals surface area contributed by atoms with Crippen LogP contribution < -0.4 is 0 Å². The van der Waals surface area contributed by atoms with Gasteiger partial charge in [0.25, 0.3) is 0 Å². The summed E-state index contributed by atoms with van der Waals surface area (Å²) in [6.45, 7) is 4.31. The van der Waals surface area contributed by atoms with Crippen LogP contribution in [0.2, 0.25) is 0 Å². The minimum absolute atomic E-state index is 0.972. The van der Waals surface area contributed by atoms with Crippen LogP contribution in [-0.4, -0.2) is 0 Å². The first-order valence-corrected chi connectivity index (χ1v) is 15.3. The molecular formula is C17H15Cl2Hf. The van der Waals surface area contributed by atoms with E-state index in [1.165, 1.54) is 33.4 Å². The summed E-state index contributed by atoms with van der Waals surface area (Å²) in [5, 5.41) is 0. The van der Waals surface area contributed by atoms with Crippen LogP contribution in [0.15, 0.2) is 42.5 Å². The zero-order valence-electron chi connectivity index (χ0n) is 11.5. The summed E-state index contributed by atoms with van der Waals surface area (Å²) >= 11 is -0.972. The van der Waals surface area contributed by atoms with E-state index in [0.29, 0.717) is 0 Å². The Labute approximate surface area is 139 Å². The molecule has 20 heavy (non-hydrogen) atoms. The van der Waals surface area contributed by atoms with Crippen molar-refractivity contribution in [3.8, 4) is 11.1 Å². The molecule has 0 aliphatic heterocycles. The van der Waals surface area contributed by atoms with Crippen molar-refractivity contribution in [1.82, 2.24) is 0 Å². The number of allylic oxidation sites excluding steroid dienone is 1. The second kappa shape index (κ2) is 7.59. The van der Waals surface area contributed by atoms with Gasteiger partial charge >= 0.3 is 37.7 Å². The van der Waals surface area contributed by atoms with Gasteiger partial charge in [-0.25, -0.2) is 0 Å². The average Bonchev–Trinajstić information content (AvgIpc) is 2.86. The molecule has 0 nitrogen and oxygen atoms in total. The molecule has 0 aromatic heterocycles. The summed E-state index contributed by atoms with van der Waals surface area (Å²) in [7, 11) is 9.92. The third kappa shape index (κ3) is 3.84. The fourth-order valence-corrected chi connectivity index (χ4v) is 2.54. The van der Waals surface area contributed by atoms with Gasteiger partial charge in [0.2, 0.25) is 0 Å². The molecule has 2 aromatic carbocycles. The molecule has 0 heterocycles. The van der Waals surface area contributed by atoms with Crippen molar-refractivity contribution in [3.05, 3.63) is 71.1 Å². The molecular weight excluding hydrogens is 454 g/mol. The standard InChI is InChI=1S/C17H15.2ClH.Hf/c1-12-9-13(2)11-15(10-12)17-8-4-6-14-5-3-7-16(14)17;;;/h3-11H,1-2H3;2*1H;/q;;;+2/p-2. The normalized spacial score (nSPS) is 11.6. The van der Waals surface area contributed by atoms with Gasteiger partial charge in [0.1, 0.15) is 0 Å². The molecule has 0 saturated carbocycles. The number of hydrogen-bond donors (Lipinski definition) is 0. The summed E-state index contributed by atoms with van der Waals surface area (Å²) in [4.78, 5) is 0. The van der Waals surface area contributed by atoms with Crippen LogP contribution >= 0.6 is 17.2 Å². The Bertz CT molecular complexity index is 613. The fourth-order valence-electron chi connectivity index (χ4n) is 2.54. The van der Waals surface area contributed by atoms with E-state index in [2.05, 4.69) is 68.8 Å². The molecule has 1 aliphatic carbocycles. The van der Waals surface area contributed by atoms with Gasteiger partial charge in [0.15, 0.2) is 0 Å². The Balaban J connectivity index is 0.000000452. The SMILES string of the molecule is Cc1cc(C)cc(-c2cccc3c2C=C[CH]3)c1.[Cl][Hf][Cl]. The van der Waals surface area contributed by atoms with E-state index in [0.717, 1.165) is 0 Å². The quantitative estimate of drug-likeness (QED) is 0.455. The first-order valence-electron chi connectivity index (χ1n) is 6.35. The third-order valence-electron chi connectivity index (χ3n) is 3.21. The molecule has 1 radical (unpaired) electrons. The van der Waals surface area contributed by atoms with Crippen molar-refractivity contribution in [3.63, 3.8) is 0 Å². The van der Waals surface area contributed by atoms with Crippen molar-refractivity contribution >= 4 is 23.2 Å². The molecule has 0 saturated heterocycles. The van der Waals surface area contributed by atoms with Crippen molar-refractivity contribution in [1.29, 1.82) is 0 Å². The van der Waals surface area contributed by atoms with E-state index in [1.54, 1.807) is 0 Å². The molecule has 1 aliphatic rings. The molecule has 101 valence electrons. The third-order valence-corrected chi connectivity index (χ3v) is 3.21. The predicted octanol–water partition coefficient (Wildman–Crippen LogP) is 5.93. The van der Waals surface area contributed by atoms with Gasteiger partial charge in [0.05, 0.1) is 0 Å². The van der Waals surface area contributed by atoms with Gasteiger partial charge in [-0.05, 0) is 36.1 Å². The number of hydrogen-bond acceptors (Lipinski definition) is 0. The average molecular weight is 469 g/mol. The summed E-state index contributed by atoms with van der Waals surface area (Å²) in [5.74, 6) is 0. The van der Waals surface area contributed by atoms with Crippen LogP contribution in [0.3, 0.4) is 0 Å². The van der Waals surface area contributed by atoms with E-state index in [1.807, 2.05) is 0 Å². The molecule has 3 rings (SSSR count). The van der Waals surface area contributed by atoms with E-state index in [4.69, 9.17) is 17.2 Å². The van der Waals surface area contributed by atoms with Crippen molar-refractivity contribution < 1.29 is 20.5 Å². The molecule has 0 bridgehead atoms. The van der Waals surface area contributed by atoms with Crippen LogP contribution in [0.5, 0.6) is 0 Å². The summed E-state index contributed by atoms with van der Waals surface area (Å²) in [6, 6.07) is 13.2. The van der Waals surface area contributed by atoms with E-state index in [9.17, 15) is 0 Å². The zero-order chi connectivity index (χ0) is 14.5. The van der Waals surface area contributed by atoms with Gasteiger partial charge in [0, 0.05) is 6.42 Å². The summed E-state index contributed by atoms with van der Waals surface area (Å²) in [6.07, 6.45) is 6.49. The second-order valence-corrected chi connectivity index (χ2v) is 9.97. The molecule has 0 unspecified atom stereocenters. The fraction of sp³-hybridized carbons (Fsp3) is 0.118. The second-order valence-electron chi connectivity index (χ2n) is 4.78. The number of benzene rings is 2. The van der Waals surface area contributed by atoms with E-state index < -0.39 is 20.5 Å². The number of halogens is 2. The van der Waals surface area contributed by atoms with Crippen LogP contribution in [0.1, 0.15) is 22.3 Å². The predicted molar refractivity (Wildman–Crippen MR) is 85.5 cm³/mol. The van der Waals surface area contributed by atoms with Gasteiger partial charge in [-0.1, -0.05) is 59.7 Å². The van der Waals surface area contributed by atoms with Crippen molar-refractivity contribution in [2.45, 2.75) is 13.8 Å². The van der Waals surface area contributed by atoms with Crippen LogP contribution in [0.25, 0.3) is 17.2 Å². The zero-order valence-corrected chi connectivity index (χ0v) is 16.6. The monoisotopic (exact) mass is 469 g/mol. The molecule has 0 N–H and O–H groups in total. The Morgan fingerprint density at radius 2 is 1.60 bits per heavy atom. The summed E-state index contributed by atoms with van der Waals surface area (Å²) in [5.41, 5.74) is 7.96. The number of aryl methyl sites for hydroxylation is 2. The molecule has 3 heteroatoms. The van der Waals surface area contributed by atoms with Gasteiger partial charge in [-0.15, -0.1) is 0 Å². The molecule has 0 fully saturated rings. The Morgan fingerprint density at radius 1 is 0.950 bits per heavy atom. The minimum atomic E-state index is -0.972. The van der Waals surface area contributed by atoms with Gasteiger partial charge in [-0.3, -0.25) is 0 Å². The van der Waals surface area contributed by atoms with Gasteiger partial charge < -0.3 is 0 Å².